The number of oxime groups is 1. The van der Waals surface area contributed by atoms with Crippen LogP contribution in [0.25, 0.3) is 0 Å². The average Bonchev–Trinajstić information content (AvgIpc) is 2.41. The molecule has 0 aliphatic carbocycles. The van der Waals surface area contributed by atoms with Gasteiger partial charge in [-0.25, -0.2) is 4.79 Å². The van der Waals surface area contributed by atoms with Gasteiger partial charge in [-0.2, -0.15) is 0 Å². The predicted octanol–water partition coefficient (Wildman–Crippen LogP) is 3.63. The van der Waals surface area contributed by atoms with Gasteiger partial charge in [-0.3, -0.25) is 4.84 Å². The standard InChI is InChI=1S/C16H24N2O3/c1-11(2)12-6-8-13(9-7-12)14(17)18-21-15(19)20-10-16(3,4)5/h6-9,11H,10H2,1-5H3,(H2,17,18). The van der Waals surface area contributed by atoms with E-state index in [4.69, 9.17) is 10.5 Å². The Kier molecular flexibility index (Phi) is 5.76. The van der Waals surface area contributed by atoms with Gasteiger partial charge in [-0.15, -0.1) is 0 Å². The molecule has 1 rings (SSSR count). The summed E-state index contributed by atoms with van der Waals surface area (Å²) >= 11 is 0. The smallest absolute Gasteiger partial charge is 0.432 e. The Bertz CT molecular complexity index is 499. The van der Waals surface area contributed by atoms with Crippen molar-refractivity contribution in [2.75, 3.05) is 6.61 Å². The van der Waals surface area contributed by atoms with Crippen LogP contribution >= 0.6 is 0 Å². The van der Waals surface area contributed by atoms with Gasteiger partial charge in [-0.05, 0) is 16.9 Å². The fraction of sp³-hybridized carbons (Fsp3) is 0.500. The highest BCUT2D eigenvalue weighted by Gasteiger charge is 2.14. The molecule has 1 aromatic carbocycles. The lowest BCUT2D eigenvalue weighted by molar-refractivity contribution is 0.0348. The third kappa shape index (κ3) is 6.29. The second-order valence-corrected chi connectivity index (χ2v) is 6.44. The van der Waals surface area contributed by atoms with Crippen LogP contribution in [0.4, 0.5) is 4.79 Å². The predicted molar refractivity (Wildman–Crippen MR) is 83.1 cm³/mol. The first-order valence-electron chi connectivity index (χ1n) is 6.96. The molecule has 0 radical (unpaired) electrons. The van der Waals surface area contributed by atoms with E-state index >= 15 is 0 Å². The van der Waals surface area contributed by atoms with Crippen molar-refractivity contribution in [1.29, 1.82) is 0 Å². The van der Waals surface area contributed by atoms with Crippen molar-refractivity contribution < 1.29 is 14.4 Å². The van der Waals surface area contributed by atoms with E-state index in [1.54, 1.807) is 0 Å². The maximum atomic E-state index is 11.4. The van der Waals surface area contributed by atoms with E-state index in [2.05, 4.69) is 23.8 Å². The highest BCUT2D eigenvalue weighted by atomic mass is 16.8. The zero-order valence-electron chi connectivity index (χ0n) is 13.3. The largest absolute Gasteiger partial charge is 0.535 e. The second-order valence-electron chi connectivity index (χ2n) is 6.44. The quantitative estimate of drug-likeness (QED) is 0.302. The Morgan fingerprint density at radius 2 is 1.81 bits per heavy atom. The van der Waals surface area contributed by atoms with E-state index < -0.39 is 6.16 Å². The molecule has 0 aliphatic heterocycles. The summed E-state index contributed by atoms with van der Waals surface area (Å²) in [5, 5.41) is 3.59. The van der Waals surface area contributed by atoms with E-state index in [0.29, 0.717) is 11.5 Å². The lowest BCUT2D eigenvalue weighted by atomic mass is 9.99. The van der Waals surface area contributed by atoms with Gasteiger partial charge in [0.25, 0.3) is 0 Å². The molecule has 0 bridgehead atoms. The monoisotopic (exact) mass is 292 g/mol. The number of rotatable bonds is 4. The molecule has 0 unspecified atom stereocenters. The van der Waals surface area contributed by atoms with Gasteiger partial charge in [0.15, 0.2) is 5.84 Å². The number of nitrogens with two attached hydrogens (primary N) is 1. The van der Waals surface area contributed by atoms with Crippen LogP contribution in [0.2, 0.25) is 0 Å². The zero-order chi connectivity index (χ0) is 16.0. The lowest BCUT2D eigenvalue weighted by Crippen LogP contribution is -2.19. The molecule has 0 amide bonds. The van der Waals surface area contributed by atoms with Gasteiger partial charge >= 0.3 is 6.16 Å². The fourth-order valence-corrected chi connectivity index (χ4v) is 1.48. The molecule has 0 saturated heterocycles. The molecular formula is C16H24N2O3. The third-order valence-corrected chi connectivity index (χ3v) is 2.71. The number of hydrogen-bond donors (Lipinski definition) is 1. The Labute approximate surface area is 126 Å². The Balaban J connectivity index is 2.58. The third-order valence-electron chi connectivity index (χ3n) is 2.71. The molecule has 116 valence electrons. The molecule has 0 aromatic heterocycles. The normalized spacial score (nSPS) is 12.4. The van der Waals surface area contributed by atoms with Crippen LogP contribution in [0.15, 0.2) is 29.4 Å². The van der Waals surface area contributed by atoms with Crippen molar-refractivity contribution >= 4 is 12.0 Å². The number of hydrogen-bond acceptors (Lipinski definition) is 4. The fourth-order valence-electron chi connectivity index (χ4n) is 1.48. The minimum atomic E-state index is -0.855. The molecule has 0 saturated carbocycles. The number of benzene rings is 1. The van der Waals surface area contributed by atoms with E-state index in [-0.39, 0.29) is 17.9 Å². The molecule has 1 aromatic rings. The molecule has 0 spiro atoms. The summed E-state index contributed by atoms with van der Waals surface area (Å²) in [6.07, 6.45) is -0.855. The molecule has 21 heavy (non-hydrogen) atoms. The number of carbonyl (C=O) groups is 1. The number of carbonyl (C=O) groups excluding carboxylic acids is 1. The van der Waals surface area contributed by atoms with Gasteiger partial charge in [0.2, 0.25) is 0 Å². The van der Waals surface area contributed by atoms with Gasteiger partial charge < -0.3 is 10.5 Å². The van der Waals surface area contributed by atoms with Gasteiger partial charge in [0.05, 0.1) is 6.61 Å². The summed E-state index contributed by atoms with van der Waals surface area (Å²) in [5.74, 6) is 0.582. The maximum Gasteiger partial charge on any atom is 0.535 e. The summed E-state index contributed by atoms with van der Waals surface area (Å²) in [6, 6.07) is 7.64. The van der Waals surface area contributed by atoms with Crippen molar-refractivity contribution in [3.8, 4) is 0 Å². The minimum absolute atomic E-state index is 0.124. The van der Waals surface area contributed by atoms with Gasteiger partial charge in [-0.1, -0.05) is 64.0 Å². The number of ether oxygens (including phenoxy) is 1. The first-order chi connectivity index (χ1) is 9.69. The van der Waals surface area contributed by atoms with Gasteiger partial charge in [0.1, 0.15) is 0 Å². The van der Waals surface area contributed by atoms with Crippen molar-refractivity contribution in [3.05, 3.63) is 35.4 Å². The summed E-state index contributed by atoms with van der Waals surface area (Å²) in [7, 11) is 0. The summed E-state index contributed by atoms with van der Waals surface area (Å²) in [4.78, 5) is 16.0. The van der Waals surface area contributed by atoms with Crippen LogP contribution < -0.4 is 5.73 Å². The maximum absolute atomic E-state index is 11.4. The molecule has 5 nitrogen and oxygen atoms in total. The lowest BCUT2D eigenvalue weighted by Gasteiger charge is -2.16. The van der Waals surface area contributed by atoms with Crippen molar-refractivity contribution in [2.24, 2.45) is 16.3 Å². The van der Waals surface area contributed by atoms with E-state index in [1.165, 1.54) is 5.56 Å². The highest BCUT2D eigenvalue weighted by Crippen LogP contribution is 2.15. The van der Waals surface area contributed by atoms with E-state index in [1.807, 2.05) is 45.0 Å². The summed E-state index contributed by atoms with van der Waals surface area (Å²) in [5.41, 5.74) is 7.55. The first kappa shape index (κ1) is 17.0. The SMILES string of the molecule is CC(C)c1ccc(/C(N)=N/OC(=O)OCC(C)(C)C)cc1. The zero-order valence-corrected chi connectivity index (χ0v) is 13.3. The molecular weight excluding hydrogens is 268 g/mol. The van der Waals surface area contributed by atoms with Crippen LogP contribution in [-0.4, -0.2) is 18.6 Å². The Hall–Kier alpha value is -2.04. The van der Waals surface area contributed by atoms with E-state index in [0.717, 1.165) is 0 Å². The summed E-state index contributed by atoms with van der Waals surface area (Å²) < 4.78 is 4.92. The van der Waals surface area contributed by atoms with Crippen LogP contribution in [0, 0.1) is 5.41 Å². The van der Waals surface area contributed by atoms with Crippen molar-refractivity contribution in [2.45, 2.75) is 40.5 Å². The average molecular weight is 292 g/mol. The highest BCUT2D eigenvalue weighted by molar-refractivity contribution is 5.97. The first-order valence-corrected chi connectivity index (χ1v) is 6.96. The van der Waals surface area contributed by atoms with Crippen LogP contribution in [0.1, 0.15) is 51.7 Å². The molecule has 5 heteroatoms. The van der Waals surface area contributed by atoms with Crippen molar-refractivity contribution in [3.63, 3.8) is 0 Å². The van der Waals surface area contributed by atoms with Crippen molar-refractivity contribution in [1.82, 2.24) is 0 Å². The van der Waals surface area contributed by atoms with E-state index in [9.17, 15) is 4.79 Å². The van der Waals surface area contributed by atoms with Gasteiger partial charge in [0, 0.05) is 5.56 Å². The Morgan fingerprint density at radius 1 is 1.24 bits per heavy atom. The molecule has 0 aliphatic rings. The molecule has 0 fully saturated rings. The Morgan fingerprint density at radius 3 is 2.29 bits per heavy atom. The molecule has 2 N–H and O–H groups in total. The van der Waals surface area contributed by atoms with Crippen LogP contribution in [0.3, 0.4) is 0 Å². The molecule has 0 heterocycles. The second kappa shape index (κ2) is 7.11. The topological polar surface area (TPSA) is 73.9 Å². The molecule has 0 atom stereocenters. The van der Waals surface area contributed by atoms with Crippen LogP contribution in [0.5, 0.6) is 0 Å². The summed E-state index contributed by atoms with van der Waals surface area (Å²) in [6.45, 7) is 10.3. The minimum Gasteiger partial charge on any atom is -0.432 e. The number of amidine groups is 1. The number of nitrogens with zero attached hydrogens (tertiary/aromatic N) is 1. The van der Waals surface area contributed by atoms with Crippen LogP contribution in [-0.2, 0) is 9.57 Å².